The van der Waals surface area contributed by atoms with Gasteiger partial charge in [0.2, 0.25) is 5.91 Å². The third-order valence-corrected chi connectivity index (χ3v) is 6.70. The van der Waals surface area contributed by atoms with Crippen LogP contribution in [0.4, 0.5) is 0 Å². The largest absolute Gasteiger partial charge is 0.484 e. The third kappa shape index (κ3) is 6.82. The lowest BCUT2D eigenvalue weighted by Crippen LogP contribution is -2.51. The summed E-state index contributed by atoms with van der Waals surface area (Å²) >= 11 is 3.47. The molecule has 0 saturated heterocycles. The summed E-state index contributed by atoms with van der Waals surface area (Å²) in [6, 6.07) is 15.0. The highest BCUT2D eigenvalue weighted by atomic mass is 79.9. The summed E-state index contributed by atoms with van der Waals surface area (Å²) in [6.07, 6.45) is 5.54. The Morgan fingerprint density at radius 3 is 2.52 bits per heavy atom. The molecule has 31 heavy (non-hydrogen) atoms. The fourth-order valence-corrected chi connectivity index (χ4v) is 4.11. The van der Waals surface area contributed by atoms with Gasteiger partial charge in [-0.3, -0.25) is 9.59 Å². The van der Waals surface area contributed by atoms with Crippen LogP contribution in [-0.4, -0.2) is 35.4 Å². The van der Waals surface area contributed by atoms with Gasteiger partial charge in [0.05, 0.1) is 0 Å². The zero-order valence-electron chi connectivity index (χ0n) is 18.3. The van der Waals surface area contributed by atoms with Crippen molar-refractivity contribution in [2.75, 3.05) is 6.61 Å². The standard InChI is InChI=1S/C25H31BrN2O3/c1-18-15-22(13-14-23(18)26)31-17-24(29)28(16-20-9-5-3-6-10-20)19(2)25(30)27-21-11-7-4-8-12-21/h3,5-6,9-10,13-15,19,21H,4,7-8,11-12,16-17H2,1-2H3,(H,27,30). The molecular formula is C25H31BrN2O3. The van der Waals surface area contributed by atoms with Gasteiger partial charge in [0.15, 0.2) is 6.61 Å². The average molecular weight is 487 g/mol. The lowest BCUT2D eigenvalue weighted by molar-refractivity contribution is -0.142. The number of amides is 2. The summed E-state index contributed by atoms with van der Waals surface area (Å²) in [7, 11) is 0. The van der Waals surface area contributed by atoms with Crippen molar-refractivity contribution in [3.8, 4) is 5.75 Å². The van der Waals surface area contributed by atoms with E-state index in [4.69, 9.17) is 4.74 Å². The zero-order valence-corrected chi connectivity index (χ0v) is 19.9. The molecule has 0 radical (unpaired) electrons. The molecule has 1 fully saturated rings. The highest BCUT2D eigenvalue weighted by Crippen LogP contribution is 2.22. The van der Waals surface area contributed by atoms with Crippen LogP contribution in [0, 0.1) is 6.92 Å². The number of nitrogens with zero attached hydrogens (tertiary/aromatic N) is 1. The molecule has 1 N–H and O–H groups in total. The van der Waals surface area contributed by atoms with Crippen molar-refractivity contribution in [3.05, 3.63) is 64.1 Å². The van der Waals surface area contributed by atoms with E-state index in [1.807, 2.05) is 55.5 Å². The smallest absolute Gasteiger partial charge is 0.261 e. The Morgan fingerprint density at radius 2 is 1.84 bits per heavy atom. The molecule has 5 nitrogen and oxygen atoms in total. The van der Waals surface area contributed by atoms with Crippen LogP contribution in [0.3, 0.4) is 0 Å². The monoisotopic (exact) mass is 486 g/mol. The van der Waals surface area contributed by atoms with Gasteiger partial charge in [-0.1, -0.05) is 65.5 Å². The summed E-state index contributed by atoms with van der Waals surface area (Å²) < 4.78 is 6.75. The minimum absolute atomic E-state index is 0.101. The first-order valence-corrected chi connectivity index (χ1v) is 11.8. The molecule has 6 heteroatoms. The topological polar surface area (TPSA) is 58.6 Å². The number of hydrogen-bond acceptors (Lipinski definition) is 3. The SMILES string of the molecule is Cc1cc(OCC(=O)N(Cc2ccccc2)C(C)C(=O)NC2CCCCC2)ccc1Br. The van der Waals surface area contributed by atoms with Gasteiger partial charge in [-0.25, -0.2) is 0 Å². The minimum Gasteiger partial charge on any atom is -0.484 e. The van der Waals surface area contributed by atoms with Crippen molar-refractivity contribution in [2.45, 2.75) is 64.6 Å². The highest BCUT2D eigenvalue weighted by molar-refractivity contribution is 9.10. The van der Waals surface area contributed by atoms with Crippen molar-refractivity contribution >= 4 is 27.7 Å². The maximum absolute atomic E-state index is 13.1. The van der Waals surface area contributed by atoms with Crippen LogP contribution in [0.1, 0.15) is 50.2 Å². The van der Waals surface area contributed by atoms with Gasteiger partial charge in [0.25, 0.3) is 5.91 Å². The summed E-state index contributed by atoms with van der Waals surface area (Å²) in [5.41, 5.74) is 2.01. The molecule has 0 bridgehead atoms. The van der Waals surface area contributed by atoms with Crippen molar-refractivity contribution in [3.63, 3.8) is 0 Å². The van der Waals surface area contributed by atoms with Crippen LogP contribution >= 0.6 is 15.9 Å². The minimum atomic E-state index is -0.579. The summed E-state index contributed by atoms with van der Waals surface area (Å²) in [6.45, 7) is 4.01. The van der Waals surface area contributed by atoms with Crippen LogP contribution in [0.2, 0.25) is 0 Å². The molecule has 166 valence electrons. The number of aryl methyl sites for hydroxylation is 1. The molecule has 3 rings (SSSR count). The van der Waals surface area contributed by atoms with Crippen molar-refractivity contribution in [1.29, 1.82) is 0 Å². The van der Waals surface area contributed by atoms with Gasteiger partial charge >= 0.3 is 0 Å². The van der Waals surface area contributed by atoms with Crippen LogP contribution in [0.15, 0.2) is 53.0 Å². The van der Waals surface area contributed by atoms with E-state index in [1.54, 1.807) is 11.8 Å². The molecule has 0 aliphatic heterocycles. The number of hydrogen-bond donors (Lipinski definition) is 1. The molecule has 1 aliphatic rings. The van der Waals surface area contributed by atoms with Crippen LogP contribution in [0.5, 0.6) is 5.75 Å². The van der Waals surface area contributed by atoms with Gasteiger partial charge in [-0.05, 0) is 56.0 Å². The van der Waals surface area contributed by atoms with Crippen molar-refractivity contribution in [2.24, 2.45) is 0 Å². The molecule has 0 spiro atoms. The first-order valence-electron chi connectivity index (χ1n) is 11.0. The Labute approximate surface area is 193 Å². The van der Waals surface area contributed by atoms with Crippen LogP contribution in [-0.2, 0) is 16.1 Å². The van der Waals surface area contributed by atoms with E-state index < -0.39 is 6.04 Å². The van der Waals surface area contributed by atoms with Crippen LogP contribution < -0.4 is 10.1 Å². The first-order chi connectivity index (χ1) is 14.9. The maximum Gasteiger partial charge on any atom is 0.261 e. The number of ether oxygens (including phenoxy) is 1. The zero-order chi connectivity index (χ0) is 22.2. The number of rotatable bonds is 8. The third-order valence-electron chi connectivity index (χ3n) is 5.81. The Bertz CT molecular complexity index is 882. The summed E-state index contributed by atoms with van der Waals surface area (Å²) in [5.74, 6) is 0.319. The Kier molecular flexibility index (Phi) is 8.52. The first kappa shape index (κ1) is 23.3. The van der Waals surface area contributed by atoms with Crippen molar-refractivity contribution < 1.29 is 14.3 Å². The van der Waals surface area contributed by atoms with Gasteiger partial charge in [0.1, 0.15) is 11.8 Å². The Hall–Kier alpha value is -2.34. The molecule has 1 unspecified atom stereocenters. The number of carbonyl (C=O) groups excluding carboxylic acids is 2. The molecule has 0 aromatic heterocycles. The normalized spacial score (nSPS) is 15.2. The molecule has 2 amide bonds. The number of halogens is 1. The van der Waals surface area contributed by atoms with Gasteiger partial charge in [0, 0.05) is 17.1 Å². The van der Waals surface area contributed by atoms with E-state index in [9.17, 15) is 9.59 Å². The number of benzene rings is 2. The van der Waals surface area contributed by atoms with E-state index in [-0.39, 0.29) is 24.5 Å². The fraction of sp³-hybridized carbons (Fsp3) is 0.440. The van der Waals surface area contributed by atoms with E-state index in [2.05, 4.69) is 21.2 Å². The fourth-order valence-electron chi connectivity index (χ4n) is 3.87. The molecular weight excluding hydrogens is 456 g/mol. The predicted octanol–water partition coefficient (Wildman–Crippen LogP) is 5.00. The van der Waals surface area contributed by atoms with E-state index in [0.717, 1.165) is 41.3 Å². The number of carbonyl (C=O) groups is 2. The second-order valence-electron chi connectivity index (χ2n) is 8.23. The second-order valence-corrected chi connectivity index (χ2v) is 9.08. The molecule has 1 saturated carbocycles. The lowest BCUT2D eigenvalue weighted by atomic mass is 9.95. The quantitative estimate of drug-likeness (QED) is 0.570. The van der Waals surface area contributed by atoms with Gasteiger partial charge < -0.3 is 15.0 Å². The molecule has 1 atom stereocenters. The van der Waals surface area contributed by atoms with Crippen LogP contribution in [0.25, 0.3) is 0 Å². The average Bonchev–Trinajstić information content (AvgIpc) is 2.79. The van der Waals surface area contributed by atoms with Gasteiger partial charge in [-0.15, -0.1) is 0 Å². The molecule has 0 heterocycles. The van der Waals surface area contributed by atoms with E-state index in [0.29, 0.717) is 12.3 Å². The van der Waals surface area contributed by atoms with E-state index in [1.165, 1.54) is 6.42 Å². The lowest BCUT2D eigenvalue weighted by Gasteiger charge is -2.31. The van der Waals surface area contributed by atoms with Gasteiger partial charge in [-0.2, -0.15) is 0 Å². The molecule has 2 aromatic carbocycles. The molecule has 1 aliphatic carbocycles. The maximum atomic E-state index is 13.1. The number of nitrogens with one attached hydrogen (secondary N) is 1. The predicted molar refractivity (Wildman–Crippen MR) is 126 cm³/mol. The summed E-state index contributed by atoms with van der Waals surface area (Å²) in [4.78, 5) is 27.7. The highest BCUT2D eigenvalue weighted by Gasteiger charge is 2.28. The Balaban J connectivity index is 1.68. The Morgan fingerprint density at radius 1 is 1.13 bits per heavy atom. The summed E-state index contributed by atoms with van der Waals surface area (Å²) in [5, 5.41) is 3.15. The molecule has 2 aromatic rings. The van der Waals surface area contributed by atoms with E-state index >= 15 is 0 Å². The second kappa shape index (κ2) is 11.3. The van der Waals surface area contributed by atoms with Crippen molar-refractivity contribution in [1.82, 2.24) is 10.2 Å².